The molecule has 0 fully saturated rings. The van der Waals surface area contributed by atoms with Crippen molar-refractivity contribution in [2.24, 2.45) is 0 Å². The zero-order valence-corrected chi connectivity index (χ0v) is 18.8. The third-order valence-corrected chi connectivity index (χ3v) is 7.97. The normalized spacial score (nSPS) is 12.3. The topological polar surface area (TPSA) is 81.7 Å². The number of hydrogen-bond acceptors (Lipinski definition) is 6. The van der Waals surface area contributed by atoms with Gasteiger partial charge in [-0.3, -0.25) is 4.79 Å². The van der Waals surface area contributed by atoms with Gasteiger partial charge in [0.05, 0.1) is 19.1 Å². The number of hydrogen-bond donors (Lipinski definition) is 1. The van der Waals surface area contributed by atoms with Crippen molar-refractivity contribution in [2.75, 3.05) is 20.8 Å². The summed E-state index contributed by atoms with van der Waals surface area (Å²) in [5.41, 5.74) is 0.509. The molecule has 1 N–H and O–H groups in total. The first kappa shape index (κ1) is 22.8. The molecule has 3 rings (SSSR count). The SMILES string of the molecule is COc1cc(OC)cc(C(=O)NCC(c2cccs2)S(=O)(=O)c2ccc(F)c(C)c2)c1. The summed E-state index contributed by atoms with van der Waals surface area (Å²) in [6.07, 6.45) is 0. The van der Waals surface area contributed by atoms with Gasteiger partial charge in [-0.2, -0.15) is 0 Å². The Kier molecular flexibility index (Phi) is 6.97. The summed E-state index contributed by atoms with van der Waals surface area (Å²) < 4.78 is 50.7. The number of amides is 1. The van der Waals surface area contributed by atoms with Gasteiger partial charge >= 0.3 is 0 Å². The fourth-order valence-corrected chi connectivity index (χ4v) is 5.89. The highest BCUT2D eigenvalue weighted by atomic mass is 32.2. The van der Waals surface area contributed by atoms with Crippen LogP contribution in [-0.2, 0) is 9.84 Å². The molecule has 3 aromatic rings. The van der Waals surface area contributed by atoms with E-state index >= 15 is 0 Å². The maximum absolute atomic E-state index is 13.7. The molecule has 0 aliphatic carbocycles. The molecule has 0 saturated heterocycles. The van der Waals surface area contributed by atoms with Crippen LogP contribution in [0.4, 0.5) is 4.39 Å². The second-order valence-electron chi connectivity index (χ2n) is 6.77. The van der Waals surface area contributed by atoms with Crippen molar-refractivity contribution in [3.05, 3.63) is 75.7 Å². The van der Waals surface area contributed by atoms with Crippen LogP contribution in [-0.4, -0.2) is 35.1 Å². The van der Waals surface area contributed by atoms with Crippen molar-refractivity contribution in [1.82, 2.24) is 5.32 Å². The molecule has 0 bridgehead atoms. The van der Waals surface area contributed by atoms with Gasteiger partial charge in [0.1, 0.15) is 22.6 Å². The predicted octanol–water partition coefficient (Wildman–Crippen LogP) is 4.16. The maximum atomic E-state index is 13.7. The summed E-state index contributed by atoms with van der Waals surface area (Å²) in [5, 5.41) is 3.44. The van der Waals surface area contributed by atoms with E-state index in [1.807, 2.05) is 0 Å². The zero-order chi connectivity index (χ0) is 22.6. The van der Waals surface area contributed by atoms with Crippen molar-refractivity contribution in [3.63, 3.8) is 0 Å². The van der Waals surface area contributed by atoms with Crippen molar-refractivity contribution in [2.45, 2.75) is 17.1 Å². The van der Waals surface area contributed by atoms with Gasteiger partial charge < -0.3 is 14.8 Å². The van der Waals surface area contributed by atoms with Gasteiger partial charge in [0.15, 0.2) is 9.84 Å². The molecule has 1 amide bonds. The van der Waals surface area contributed by atoms with E-state index < -0.39 is 26.8 Å². The largest absolute Gasteiger partial charge is 0.497 e. The Hall–Kier alpha value is -2.91. The number of ether oxygens (including phenoxy) is 2. The van der Waals surface area contributed by atoms with E-state index in [0.29, 0.717) is 16.4 Å². The van der Waals surface area contributed by atoms with Gasteiger partial charge in [0, 0.05) is 23.1 Å². The smallest absolute Gasteiger partial charge is 0.251 e. The van der Waals surface area contributed by atoms with Gasteiger partial charge in [-0.15, -0.1) is 11.3 Å². The van der Waals surface area contributed by atoms with Crippen LogP contribution in [0.15, 0.2) is 58.8 Å². The third-order valence-electron chi connectivity index (χ3n) is 4.75. The van der Waals surface area contributed by atoms with E-state index in [-0.39, 0.29) is 22.6 Å². The molecule has 0 spiro atoms. The summed E-state index contributed by atoms with van der Waals surface area (Å²) >= 11 is 1.27. The standard InChI is InChI=1S/C22H22FNO5S2/c1-14-9-18(6-7-19(14)23)31(26,27)21(20-5-4-8-30-20)13-24-22(25)15-10-16(28-2)12-17(11-15)29-3/h4-12,21H,13H2,1-3H3,(H,24,25). The number of aryl methyl sites for hydroxylation is 1. The number of carbonyl (C=O) groups is 1. The van der Waals surface area contributed by atoms with Crippen molar-refractivity contribution in [1.29, 1.82) is 0 Å². The number of rotatable bonds is 8. The molecule has 31 heavy (non-hydrogen) atoms. The molecule has 164 valence electrons. The zero-order valence-electron chi connectivity index (χ0n) is 17.2. The number of methoxy groups -OCH3 is 2. The lowest BCUT2D eigenvalue weighted by molar-refractivity contribution is 0.0953. The Morgan fingerprint density at radius 2 is 1.77 bits per heavy atom. The lowest BCUT2D eigenvalue weighted by atomic mass is 10.2. The summed E-state index contributed by atoms with van der Waals surface area (Å²) in [5.74, 6) is -0.0708. The molecule has 0 radical (unpaired) electrons. The maximum Gasteiger partial charge on any atom is 0.251 e. The van der Waals surface area contributed by atoms with E-state index in [2.05, 4.69) is 5.32 Å². The van der Waals surface area contributed by atoms with E-state index in [9.17, 15) is 17.6 Å². The molecule has 2 aromatic carbocycles. The van der Waals surface area contributed by atoms with Gasteiger partial charge in [-0.05, 0) is 54.3 Å². The van der Waals surface area contributed by atoms with Gasteiger partial charge in [-0.1, -0.05) is 6.07 Å². The molecule has 1 aromatic heterocycles. The average molecular weight is 464 g/mol. The van der Waals surface area contributed by atoms with E-state index in [1.54, 1.807) is 23.6 Å². The van der Waals surface area contributed by atoms with Crippen LogP contribution < -0.4 is 14.8 Å². The number of thiophene rings is 1. The predicted molar refractivity (Wildman–Crippen MR) is 117 cm³/mol. The molecule has 0 aliphatic heterocycles. The molecule has 9 heteroatoms. The first-order valence-electron chi connectivity index (χ1n) is 9.31. The van der Waals surface area contributed by atoms with Crippen LogP contribution in [0.1, 0.15) is 26.0 Å². The van der Waals surface area contributed by atoms with Gasteiger partial charge in [-0.25, -0.2) is 12.8 Å². The first-order valence-corrected chi connectivity index (χ1v) is 11.7. The fraction of sp³-hybridized carbons (Fsp3) is 0.227. The Labute approximate surface area is 184 Å². The van der Waals surface area contributed by atoms with Crippen LogP contribution in [0.5, 0.6) is 11.5 Å². The van der Waals surface area contributed by atoms with E-state index in [1.165, 1.54) is 56.7 Å². The molecule has 0 aliphatic rings. The Bertz CT molecular complexity index is 1150. The van der Waals surface area contributed by atoms with Gasteiger partial charge in [0.25, 0.3) is 5.91 Å². The summed E-state index contributed by atoms with van der Waals surface area (Å²) in [7, 11) is -0.942. The summed E-state index contributed by atoms with van der Waals surface area (Å²) in [6, 6.07) is 11.8. The molecule has 6 nitrogen and oxygen atoms in total. The van der Waals surface area contributed by atoms with E-state index in [0.717, 1.165) is 6.07 Å². The molecular formula is C22H22FNO5S2. The highest BCUT2D eigenvalue weighted by Crippen LogP contribution is 2.32. The Morgan fingerprint density at radius 3 is 2.32 bits per heavy atom. The van der Waals surface area contributed by atoms with Crippen molar-refractivity contribution >= 4 is 27.1 Å². The summed E-state index contributed by atoms with van der Waals surface area (Å²) in [6.45, 7) is 1.35. The van der Waals surface area contributed by atoms with Crippen LogP contribution in [0, 0.1) is 12.7 Å². The Morgan fingerprint density at radius 1 is 1.10 bits per heavy atom. The van der Waals surface area contributed by atoms with Crippen LogP contribution in [0.3, 0.4) is 0 Å². The second-order valence-corrected chi connectivity index (χ2v) is 9.88. The minimum Gasteiger partial charge on any atom is -0.497 e. The molecular weight excluding hydrogens is 441 g/mol. The monoisotopic (exact) mass is 463 g/mol. The average Bonchev–Trinajstić information content (AvgIpc) is 3.29. The van der Waals surface area contributed by atoms with Crippen LogP contribution >= 0.6 is 11.3 Å². The fourth-order valence-electron chi connectivity index (χ4n) is 3.02. The molecule has 1 heterocycles. The molecule has 1 unspecified atom stereocenters. The highest BCUT2D eigenvalue weighted by Gasteiger charge is 2.31. The van der Waals surface area contributed by atoms with Crippen molar-refractivity contribution in [3.8, 4) is 11.5 Å². The Balaban J connectivity index is 1.89. The minimum absolute atomic E-state index is 0.00194. The number of sulfone groups is 1. The third kappa shape index (κ3) is 5.05. The van der Waals surface area contributed by atoms with Gasteiger partial charge in [0.2, 0.25) is 0 Å². The quantitative estimate of drug-likeness (QED) is 0.508. The van der Waals surface area contributed by atoms with E-state index in [4.69, 9.17) is 9.47 Å². The molecule has 0 saturated carbocycles. The number of halogens is 1. The minimum atomic E-state index is -3.89. The lowest BCUT2D eigenvalue weighted by Gasteiger charge is -2.18. The van der Waals surface area contributed by atoms with Crippen LogP contribution in [0.25, 0.3) is 0 Å². The number of carbonyl (C=O) groups excluding carboxylic acids is 1. The van der Waals surface area contributed by atoms with Crippen LogP contribution in [0.2, 0.25) is 0 Å². The highest BCUT2D eigenvalue weighted by molar-refractivity contribution is 7.91. The lowest BCUT2D eigenvalue weighted by Crippen LogP contribution is -2.31. The second kappa shape index (κ2) is 9.49. The van der Waals surface area contributed by atoms with Crippen molar-refractivity contribution < 1.29 is 27.1 Å². The summed E-state index contributed by atoms with van der Waals surface area (Å²) in [4.78, 5) is 13.3. The first-order chi connectivity index (χ1) is 14.8. The number of nitrogens with one attached hydrogen (secondary N) is 1. The number of benzene rings is 2. The molecule has 1 atom stereocenters.